The van der Waals surface area contributed by atoms with Gasteiger partial charge in [0.1, 0.15) is 29.0 Å². The Morgan fingerprint density at radius 3 is 2.08 bits per heavy atom. The number of hydrogen-bond donors (Lipinski definition) is 2. The zero-order chi connectivity index (χ0) is 17.5. The summed E-state index contributed by atoms with van der Waals surface area (Å²) >= 11 is 0. The highest BCUT2D eigenvalue weighted by atomic mass is 19.1. The summed E-state index contributed by atoms with van der Waals surface area (Å²) in [7, 11) is 0. The second-order valence-electron chi connectivity index (χ2n) is 5.12. The number of nitrogens with zero attached hydrogens (tertiary/aromatic N) is 2. The van der Waals surface area contributed by atoms with Crippen LogP contribution in [0.4, 0.5) is 25.8 Å². The third-order valence-corrected chi connectivity index (χ3v) is 3.48. The number of para-hydroxylation sites is 1. The van der Waals surface area contributed by atoms with Crippen LogP contribution in [0, 0.1) is 34.3 Å². The summed E-state index contributed by atoms with van der Waals surface area (Å²) in [5.74, 6) is -1.87. The lowest BCUT2D eigenvalue weighted by Gasteiger charge is -2.17. The van der Waals surface area contributed by atoms with Gasteiger partial charge in [-0.2, -0.15) is 10.5 Å². The minimum absolute atomic E-state index is 0.139. The molecule has 0 bridgehead atoms. The SMILES string of the molecule is CCCCNc1c(F)c(C#N)c(C#N)c(F)c1Nc1ccccc1. The standard InChI is InChI=1S/C18H16F2N4/c1-2-3-9-23-17-15(19)13(10-21)14(11-22)16(20)18(17)24-12-7-5-4-6-8-12/h4-8,23-24H,2-3,9H2,1H3. The van der Waals surface area contributed by atoms with Gasteiger partial charge in [0.2, 0.25) is 0 Å². The first kappa shape index (κ1) is 17.2. The summed E-state index contributed by atoms with van der Waals surface area (Å²) in [5, 5.41) is 23.8. The molecule has 0 fully saturated rings. The van der Waals surface area contributed by atoms with E-state index in [0.29, 0.717) is 12.2 Å². The highest BCUT2D eigenvalue weighted by Gasteiger charge is 2.24. The molecule has 0 spiro atoms. The molecule has 4 nitrogen and oxygen atoms in total. The topological polar surface area (TPSA) is 71.6 Å². The van der Waals surface area contributed by atoms with Gasteiger partial charge in [-0.3, -0.25) is 0 Å². The molecular weight excluding hydrogens is 310 g/mol. The van der Waals surface area contributed by atoms with Crippen LogP contribution in [0.3, 0.4) is 0 Å². The van der Waals surface area contributed by atoms with Crippen LogP contribution in [0.5, 0.6) is 0 Å². The maximum absolute atomic E-state index is 14.7. The van der Waals surface area contributed by atoms with Gasteiger partial charge in [0.05, 0.1) is 5.69 Å². The molecule has 0 aliphatic heterocycles. The summed E-state index contributed by atoms with van der Waals surface area (Å²) < 4.78 is 29.4. The number of unbranched alkanes of at least 4 members (excludes halogenated alkanes) is 1. The Bertz CT molecular complexity index is 805. The van der Waals surface area contributed by atoms with Crippen molar-refractivity contribution in [1.82, 2.24) is 0 Å². The second kappa shape index (κ2) is 7.94. The Labute approximate surface area is 139 Å². The van der Waals surface area contributed by atoms with Crippen molar-refractivity contribution in [3.05, 3.63) is 53.1 Å². The van der Waals surface area contributed by atoms with Crippen LogP contribution in [-0.2, 0) is 0 Å². The number of hydrogen-bond acceptors (Lipinski definition) is 4. The van der Waals surface area contributed by atoms with Crippen LogP contribution in [0.25, 0.3) is 0 Å². The molecule has 0 saturated heterocycles. The van der Waals surface area contributed by atoms with Gasteiger partial charge in [0, 0.05) is 12.2 Å². The fourth-order valence-electron chi connectivity index (χ4n) is 2.24. The largest absolute Gasteiger partial charge is 0.381 e. The van der Waals surface area contributed by atoms with E-state index in [-0.39, 0.29) is 11.4 Å². The fraction of sp³-hybridized carbons (Fsp3) is 0.222. The number of benzene rings is 2. The highest BCUT2D eigenvalue weighted by Crippen LogP contribution is 2.36. The lowest BCUT2D eigenvalue weighted by atomic mass is 10.0. The minimum atomic E-state index is -0.946. The average Bonchev–Trinajstić information content (AvgIpc) is 2.61. The first-order valence-electron chi connectivity index (χ1n) is 7.55. The Hall–Kier alpha value is -3.12. The van der Waals surface area contributed by atoms with Gasteiger partial charge in [-0.05, 0) is 18.6 Å². The lowest BCUT2D eigenvalue weighted by Crippen LogP contribution is -2.11. The van der Waals surface area contributed by atoms with E-state index >= 15 is 0 Å². The molecule has 2 aromatic carbocycles. The Balaban J connectivity index is 2.59. The third-order valence-electron chi connectivity index (χ3n) is 3.48. The van der Waals surface area contributed by atoms with Gasteiger partial charge in [0.15, 0.2) is 11.6 Å². The maximum Gasteiger partial charge on any atom is 0.168 e. The molecule has 24 heavy (non-hydrogen) atoms. The molecular formula is C18H16F2N4. The van der Waals surface area contributed by atoms with E-state index in [2.05, 4.69) is 10.6 Å². The van der Waals surface area contributed by atoms with Gasteiger partial charge < -0.3 is 10.6 Å². The van der Waals surface area contributed by atoms with Gasteiger partial charge in [-0.1, -0.05) is 31.5 Å². The molecule has 0 aliphatic rings. The van der Waals surface area contributed by atoms with Gasteiger partial charge in [-0.15, -0.1) is 0 Å². The molecule has 0 unspecified atom stereocenters. The quantitative estimate of drug-likeness (QED) is 0.757. The van der Waals surface area contributed by atoms with E-state index in [4.69, 9.17) is 10.5 Å². The van der Waals surface area contributed by atoms with Gasteiger partial charge in [0.25, 0.3) is 0 Å². The number of nitriles is 2. The van der Waals surface area contributed by atoms with E-state index in [1.165, 1.54) is 0 Å². The number of halogens is 2. The summed E-state index contributed by atoms with van der Waals surface area (Å²) in [6.45, 7) is 2.40. The van der Waals surface area contributed by atoms with Crippen molar-refractivity contribution in [2.24, 2.45) is 0 Å². The third kappa shape index (κ3) is 3.44. The van der Waals surface area contributed by atoms with Crippen molar-refractivity contribution in [2.75, 3.05) is 17.2 Å². The first-order chi connectivity index (χ1) is 11.6. The van der Waals surface area contributed by atoms with E-state index in [0.717, 1.165) is 12.8 Å². The minimum Gasteiger partial charge on any atom is -0.381 e. The van der Waals surface area contributed by atoms with E-state index in [9.17, 15) is 8.78 Å². The number of rotatable bonds is 6. The van der Waals surface area contributed by atoms with Crippen molar-refractivity contribution in [3.63, 3.8) is 0 Å². The Morgan fingerprint density at radius 1 is 0.958 bits per heavy atom. The summed E-state index contributed by atoms with van der Waals surface area (Å²) in [6.07, 6.45) is 1.63. The molecule has 0 saturated carbocycles. The lowest BCUT2D eigenvalue weighted by molar-refractivity contribution is 0.599. The molecule has 0 aliphatic carbocycles. The zero-order valence-electron chi connectivity index (χ0n) is 13.2. The Kier molecular flexibility index (Phi) is 5.70. The van der Waals surface area contributed by atoms with Crippen LogP contribution in [0.1, 0.15) is 30.9 Å². The van der Waals surface area contributed by atoms with Crippen LogP contribution in [0.2, 0.25) is 0 Å². The summed E-state index contributed by atoms with van der Waals surface area (Å²) in [5.41, 5.74) is -0.962. The normalized spacial score (nSPS) is 9.88. The summed E-state index contributed by atoms with van der Waals surface area (Å²) in [6, 6.07) is 11.8. The van der Waals surface area contributed by atoms with Gasteiger partial charge >= 0.3 is 0 Å². The van der Waals surface area contributed by atoms with Crippen molar-refractivity contribution >= 4 is 17.1 Å². The van der Waals surface area contributed by atoms with Gasteiger partial charge in [-0.25, -0.2) is 8.78 Å². The second-order valence-corrected chi connectivity index (χ2v) is 5.12. The van der Waals surface area contributed by atoms with Crippen molar-refractivity contribution in [2.45, 2.75) is 19.8 Å². The van der Waals surface area contributed by atoms with Crippen LogP contribution in [-0.4, -0.2) is 6.54 Å². The molecule has 6 heteroatoms. The van der Waals surface area contributed by atoms with E-state index < -0.39 is 22.8 Å². The fourth-order valence-corrected chi connectivity index (χ4v) is 2.24. The molecule has 0 atom stereocenters. The number of anilines is 3. The van der Waals surface area contributed by atoms with E-state index in [1.807, 2.05) is 6.92 Å². The highest BCUT2D eigenvalue weighted by molar-refractivity contribution is 5.79. The molecule has 2 aromatic rings. The molecule has 0 heterocycles. The number of nitrogens with one attached hydrogen (secondary N) is 2. The molecule has 0 aromatic heterocycles. The first-order valence-corrected chi connectivity index (χ1v) is 7.55. The van der Waals surface area contributed by atoms with Crippen LogP contribution in [0.15, 0.2) is 30.3 Å². The summed E-state index contributed by atoms with van der Waals surface area (Å²) in [4.78, 5) is 0. The molecule has 0 amide bonds. The predicted molar refractivity (Wildman–Crippen MR) is 88.9 cm³/mol. The molecule has 122 valence electrons. The van der Waals surface area contributed by atoms with Crippen molar-refractivity contribution in [3.8, 4) is 12.1 Å². The predicted octanol–water partition coefficient (Wildman–Crippen LogP) is 4.66. The zero-order valence-corrected chi connectivity index (χ0v) is 13.2. The monoisotopic (exact) mass is 326 g/mol. The van der Waals surface area contributed by atoms with Crippen molar-refractivity contribution in [1.29, 1.82) is 10.5 Å². The smallest absolute Gasteiger partial charge is 0.168 e. The van der Waals surface area contributed by atoms with Crippen LogP contribution < -0.4 is 10.6 Å². The van der Waals surface area contributed by atoms with Crippen molar-refractivity contribution < 1.29 is 8.78 Å². The molecule has 0 radical (unpaired) electrons. The van der Waals surface area contributed by atoms with E-state index in [1.54, 1.807) is 42.5 Å². The average molecular weight is 326 g/mol. The Morgan fingerprint density at radius 2 is 1.54 bits per heavy atom. The van der Waals surface area contributed by atoms with Crippen LogP contribution >= 0.6 is 0 Å². The maximum atomic E-state index is 14.7. The molecule has 2 N–H and O–H groups in total. The molecule has 2 rings (SSSR count).